The molecule has 0 fully saturated rings. The van der Waals surface area contributed by atoms with Gasteiger partial charge in [-0.3, -0.25) is 0 Å². The summed E-state index contributed by atoms with van der Waals surface area (Å²) in [6, 6.07) is 12.7. The highest BCUT2D eigenvalue weighted by atomic mass is 32.2. The molecule has 6 nitrogen and oxygen atoms in total. The van der Waals surface area contributed by atoms with Crippen molar-refractivity contribution in [3.05, 3.63) is 59.8 Å². The van der Waals surface area contributed by atoms with Crippen LogP contribution in [0.1, 0.15) is 11.1 Å². The first-order valence-corrected chi connectivity index (χ1v) is 8.52. The van der Waals surface area contributed by atoms with Crippen molar-refractivity contribution < 1.29 is 18.5 Å². The summed E-state index contributed by atoms with van der Waals surface area (Å²) in [5.41, 5.74) is 1.53. The molecule has 0 aliphatic rings. The van der Waals surface area contributed by atoms with Gasteiger partial charge in [-0.15, -0.1) is 0 Å². The highest BCUT2D eigenvalue weighted by Crippen LogP contribution is 2.22. The molecule has 1 aromatic heterocycles. The van der Waals surface area contributed by atoms with E-state index in [1.165, 1.54) is 36.5 Å². The number of nitriles is 1. The fourth-order valence-electron chi connectivity index (χ4n) is 2.52. The van der Waals surface area contributed by atoms with E-state index in [1.807, 2.05) is 13.0 Å². The summed E-state index contributed by atoms with van der Waals surface area (Å²) < 4.78 is 26.8. The highest BCUT2D eigenvalue weighted by molar-refractivity contribution is 7.90. The summed E-state index contributed by atoms with van der Waals surface area (Å²) in [5.74, 6) is 0. The van der Waals surface area contributed by atoms with Crippen LogP contribution < -0.4 is 5.46 Å². The lowest BCUT2D eigenvalue weighted by Crippen LogP contribution is -2.29. The van der Waals surface area contributed by atoms with Gasteiger partial charge in [-0.25, -0.2) is 12.4 Å². The maximum Gasteiger partial charge on any atom is 0.490 e. The first kappa shape index (κ1) is 16.3. The van der Waals surface area contributed by atoms with E-state index in [2.05, 4.69) is 0 Å². The summed E-state index contributed by atoms with van der Waals surface area (Å²) >= 11 is 0. The Morgan fingerprint density at radius 1 is 1.12 bits per heavy atom. The molecule has 0 aliphatic heterocycles. The fourth-order valence-corrected chi connectivity index (χ4v) is 3.90. The van der Waals surface area contributed by atoms with Gasteiger partial charge in [-0.2, -0.15) is 5.26 Å². The van der Waals surface area contributed by atoms with Crippen molar-refractivity contribution in [2.75, 3.05) is 0 Å². The van der Waals surface area contributed by atoms with E-state index < -0.39 is 17.1 Å². The number of benzene rings is 2. The molecule has 0 bridgehead atoms. The molecular formula is C16H13BN2O4S. The second kappa shape index (κ2) is 5.80. The van der Waals surface area contributed by atoms with Crippen LogP contribution in [0.3, 0.4) is 0 Å². The summed E-state index contributed by atoms with van der Waals surface area (Å²) in [4.78, 5) is 0.0911. The molecular weight excluding hydrogens is 327 g/mol. The normalized spacial score (nSPS) is 11.4. The van der Waals surface area contributed by atoms with E-state index in [0.717, 1.165) is 9.54 Å². The lowest BCUT2D eigenvalue weighted by atomic mass is 9.80. The van der Waals surface area contributed by atoms with Crippen LogP contribution in [-0.4, -0.2) is 29.6 Å². The van der Waals surface area contributed by atoms with Crippen molar-refractivity contribution >= 4 is 33.5 Å². The molecule has 0 saturated carbocycles. The molecule has 0 amide bonds. The van der Waals surface area contributed by atoms with Gasteiger partial charge in [0.1, 0.15) is 0 Å². The lowest BCUT2D eigenvalue weighted by molar-refractivity contribution is 0.426. The molecule has 120 valence electrons. The van der Waals surface area contributed by atoms with E-state index in [9.17, 15) is 18.5 Å². The van der Waals surface area contributed by atoms with Crippen molar-refractivity contribution in [1.82, 2.24) is 3.97 Å². The molecule has 0 saturated heterocycles. The van der Waals surface area contributed by atoms with Crippen molar-refractivity contribution in [3.63, 3.8) is 0 Å². The van der Waals surface area contributed by atoms with Gasteiger partial charge in [0.25, 0.3) is 10.0 Å². The molecule has 0 aliphatic carbocycles. The number of aryl methyl sites for hydroxylation is 1. The van der Waals surface area contributed by atoms with Gasteiger partial charge in [-0.1, -0.05) is 17.7 Å². The molecule has 2 aromatic carbocycles. The van der Waals surface area contributed by atoms with Gasteiger partial charge in [0, 0.05) is 17.0 Å². The molecule has 0 radical (unpaired) electrons. The van der Waals surface area contributed by atoms with Crippen molar-refractivity contribution in [2.24, 2.45) is 0 Å². The van der Waals surface area contributed by atoms with E-state index in [0.29, 0.717) is 10.9 Å². The van der Waals surface area contributed by atoms with E-state index in [1.54, 1.807) is 12.1 Å². The summed E-state index contributed by atoms with van der Waals surface area (Å²) in [6.07, 6.45) is 1.17. The predicted molar refractivity (Wildman–Crippen MR) is 90.2 cm³/mol. The van der Waals surface area contributed by atoms with Gasteiger partial charge in [-0.05, 0) is 37.3 Å². The Balaban J connectivity index is 2.30. The van der Waals surface area contributed by atoms with Crippen LogP contribution in [0, 0.1) is 18.3 Å². The maximum atomic E-state index is 12.9. The SMILES string of the molecule is Cc1ccc(S(=O)(=O)n2cc(B(O)O)c3cc(C#N)ccc32)cc1. The van der Waals surface area contributed by atoms with Gasteiger partial charge in [0.15, 0.2) is 0 Å². The maximum absolute atomic E-state index is 12.9. The third-order valence-electron chi connectivity index (χ3n) is 3.79. The van der Waals surface area contributed by atoms with E-state index >= 15 is 0 Å². The van der Waals surface area contributed by atoms with Crippen LogP contribution >= 0.6 is 0 Å². The zero-order valence-corrected chi connectivity index (χ0v) is 13.5. The minimum absolute atomic E-state index is 0.0257. The molecule has 0 unspecified atom stereocenters. The van der Waals surface area contributed by atoms with Gasteiger partial charge in [0.2, 0.25) is 0 Å². The molecule has 8 heteroatoms. The predicted octanol–water partition coefficient (Wildman–Crippen LogP) is 0.738. The van der Waals surface area contributed by atoms with Crippen LogP contribution in [0.4, 0.5) is 0 Å². The number of hydrogen-bond donors (Lipinski definition) is 2. The molecule has 24 heavy (non-hydrogen) atoms. The minimum atomic E-state index is -3.90. The zero-order valence-electron chi connectivity index (χ0n) is 12.7. The summed E-state index contributed by atoms with van der Waals surface area (Å²) in [5, 5.41) is 28.4. The average molecular weight is 340 g/mol. The Morgan fingerprint density at radius 3 is 2.38 bits per heavy atom. The molecule has 0 atom stereocenters. The zero-order chi connectivity index (χ0) is 17.5. The largest absolute Gasteiger partial charge is 0.490 e. The second-order valence-corrected chi connectivity index (χ2v) is 7.23. The first-order chi connectivity index (χ1) is 11.3. The van der Waals surface area contributed by atoms with Gasteiger partial charge >= 0.3 is 7.12 Å². The molecule has 3 rings (SSSR count). The fraction of sp³-hybridized carbons (Fsp3) is 0.0625. The smallest absolute Gasteiger partial charge is 0.423 e. The van der Waals surface area contributed by atoms with Crippen molar-refractivity contribution in [2.45, 2.75) is 11.8 Å². The van der Waals surface area contributed by atoms with E-state index in [4.69, 9.17) is 5.26 Å². The molecule has 0 spiro atoms. The Hall–Kier alpha value is -2.60. The Kier molecular flexibility index (Phi) is 3.93. The Bertz CT molecular complexity index is 1060. The highest BCUT2D eigenvalue weighted by Gasteiger charge is 2.25. The average Bonchev–Trinajstić information content (AvgIpc) is 2.94. The molecule has 2 N–H and O–H groups in total. The number of fused-ring (bicyclic) bond motifs is 1. The third-order valence-corrected chi connectivity index (χ3v) is 5.47. The van der Waals surface area contributed by atoms with Crippen LogP contribution in [-0.2, 0) is 10.0 Å². The van der Waals surface area contributed by atoms with E-state index in [-0.39, 0.29) is 15.9 Å². The number of aromatic nitrogens is 1. The molecule has 3 aromatic rings. The van der Waals surface area contributed by atoms with Crippen molar-refractivity contribution in [3.8, 4) is 6.07 Å². The third kappa shape index (κ3) is 2.59. The van der Waals surface area contributed by atoms with Gasteiger partial charge in [0.05, 0.1) is 22.0 Å². The Labute approximate surface area is 139 Å². The number of rotatable bonds is 3. The number of hydrogen-bond acceptors (Lipinski definition) is 5. The van der Waals surface area contributed by atoms with Crippen molar-refractivity contribution in [1.29, 1.82) is 5.26 Å². The lowest BCUT2D eigenvalue weighted by Gasteiger charge is -2.08. The first-order valence-electron chi connectivity index (χ1n) is 7.08. The quantitative estimate of drug-likeness (QED) is 0.685. The van der Waals surface area contributed by atoms with Crippen LogP contribution in [0.15, 0.2) is 53.6 Å². The second-order valence-electron chi connectivity index (χ2n) is 5.42. The Morgan fingerprint density at radius 2 is 1.79 bits per heavy atom. The molecule has 1 heterocycles. The minimum Gasteiger partial charge on any atom is -0.423 e. The monoisotopic (exact) mass is 340 g/mol. The van der Waals surface area contributed by atoms with Gasteiger partial charge < -0.3 is 10.0 Å². The standard InChI is InChI=1S/C16H13BN2O4S/c1-11-2-5-13(6-3-11)24(22,23)19-10-15(17(20)21)14-8-12(9-18)4-7-16(14)19/h2-8,10,20-21H,1H3. The van der Waals surface area contributed by atoms with Crippen LogP contribution in [0.5, 0.6) is 0 Å². The van der Waals surface area contributed by atoms with Crippen LogP contribution in [0.25, 0.3) is 10.9 Å². The van der Waals surface area contributed by atoms with Crippen LogP contribution in [0.2, 0.25) is 0 Å². The summed E-state index contributed by atoms with van der Waals surface area (Å²) in [6.45, 7) is 1.85. The topological polar surface area (TPSA) is 103 Å². The summed E-state index contributed by atoms with van der Waals surface area (Å²) in [7, 11) is -5.75. The number of nitrogens with zero attached hydrogens (tertiary/aromatic N) is 2.